The number of fused-ring (bicyclic) bond motifs is 2. The Morgan fingerprint density at radius 2 is 1.94 bits per heavy atom. The number of ether oxygens (including phenoxy) is 2. The fourth-order valence-corrected chi connectivity index (χ4v) is 2.67. The molecule has 0 saturated heterocycles. The van der Waals surface area contributed by atoms with Crippen LogP contribution >= 0.6 is 0 Å². The molecule has 2 aliphatic rings. The summed E-state index contributed by atoms with van der Waals surface area (Å²) in [7, 11) is 0. The first-order chi connectivity index (χ1) is 7.57. The summed E-state index contributed by atoms with van der Waals surface area (Å²) in [5.41, 5.74) is 9.54. The summed E-state index contributed by atoms with van der Waals surface area (Å²) in [5.74, 6) is 2.02. The van der Waals surface area contributed by atoms with E-state index in [0.29, 0.717) is 0 Å². The summed E-state index contributed by atoms with van der Waals surface area (Å²) in [4.78, 5) is 0. The van der Waals surface area contributed by atoms with Gasteiger partial charge in [-0.1, -0.05) is 0 Å². The van der Waals surface area contributed by atoms with Crippen molar-refractivity contribution in [3.8, 4) is 11.5 Å². The molecule has 1 aromatic carbocycles. The Labute approximate surface area is 95.5 Å². The zero-order valence-corrected chi connectivity index (χ0v) is 9.80. The van der Waals surface area contributed by atoms with E-state index in [1.54, 1.807) is 0 Å². The molecule has 0 fully saturated rings. The number of hydrogen-bond acceptors (Lipinski definition) is 3. The predicted octanol–water partition coefficient (Wildman–Crippen LogP) is 1.75. The number of benzene rings is 1. The smallest absolute Gasteiger partial charge is 0.128 e. The van der Waals surface area contributed by atoms with E-state index in [2.05, 4.69) is 6.07 Å². The molecule has 0 saturated carbocycles. The molecule has 0 radical (unpaired) electrons. The molecule has 0 aliphatic carbocycles. The van der Waals surface area contributed by atoms with E-state index in [0.717, 1.165) is 43.1 Å². The Morgan fingerprint density at radius 3 is 2.69 bits per heavy atom. The number of nitrogens with two attached hydrogens (primary N) is 1. The van der Waals surface area contributed by atoms with Gasteiger partial charge in [0.1, 0.15) is 11.5 Å². The summed E-state index contributed by atoms with van der Waals surface area (Å²) in [6, 6.07) is 2.12. The van der Waals surface area contributed by atoms with Gasteiger partial charge in [-0.15, -0.1) is 0 Å². The van der Waals surface area contributed by atoms with Crippen LogP contribution < -0.4 is 15.2 Å². The summed E-state index contributed by atoms with van der Waals surface area (Å²) in [6.07, 6.45) is 1.91. The lowest BCUT2D eigenvalue weighted by Crippen LogP contribution is -2.30. The molecule has 3 nitrogen and oxygen atoms in total. The zero-order valence-electron chi connectivity index (χ0n) is 9.80. The van der Waals surface area contributed by atoms with Crippen molar-refractivity contribution in [1.82, 2.24) is 0 Å². The fraction of sp³-hybridized carbons (Fsp3) is 0.538. The van der Waals surface area contributed by atoms with Crippen molar-refractivity contribution >= 4 is 0 Å². The number of hydrogen-bond donors (Lipinski definition) is 1. The van der Waals surface area contributed by atoms with Gasteiger partial charge >= 0.3 is 0 Å². The molecule has 3 heteroatoms. The number of rotatable bonds is 1. The minimum atomic E-state index is -0.368. The average molecular weight is 219 g/mol. The van der Waals surface area contributed by atoms with Gasteiger partial charge < -0.3 is 15.2 Å². The molecule has 0 aromatic heterocycles. The minimum Gasteiger partial charge on any atom is -0.493 e. The molecule has 2 aliphatic heterocycles. The van der Waals surface area contributed by atoms with Crippen LogP contribution in [-0.4, -0.2) is 13.2 Å². The first kappa shape index (κ1) is 9.97. The highest BCUT2D eigenvalue weighted by atomic mass is 16.5. The second-order valence-corrected chi connectivity index (χ2v) is 5.14. The van der Waals surface area contributed by atoms with Crippen molar-refractivity contribution in [2.24, 2.45) is 5.73 Å². The summed E-state index contributed by atoms with van der Waals surface area (Å²) < 4.78 is 11.4. The normalized spacial score (nSPS) is 17.7. The Kier molecular flexibility index (Phi) is 1.96. The lowest BCUT2D eigenvalue weighted by atomic mass is 9.87. The van der Waals surface area contributed by atoms with Crippen LogP contribution in [0.5, 0.6) is 11.5 Å². The van der Waals surface area contributed by atoms with E-state index in [1.165, 1.54) is 11.1 Å². The van der Waals surface area contributed by atoms with Crippen LogP contribution in [0.2, 0.25) is 0 Å². The summed E-state index contributed by atoms with van der Waals surface area (Å²) in [6.45, 7) is 5.59. The van der Waals surface area contributed by atoms with Crippen molar-refractivity contribution in [2.75, 3.05) is 13.2 Å². The van der Waals surface area contributed by atoms with Crippen LogP contribution in [-0.2, 0) is 18.4 Å². The van der Waals surface area contributed by atoms with Crippen molar-refractivity contribution in [3.05, 3.63) is 22.8 Å². The molecule has 1 aromatic rings. The first-order valence-electron chi connectivity index (χ1n) is 5.81. The molecule has 0 amide bonds. The Balaban J connectivity index is 2.28. The topological polar surface area (TPSA) is 44.5 Å². The van der Waals surface area contributed by atoms with Gasteiger partial charge in [-0.3, -0.25) is 0 Å². The lowest BCUT2D eigenvalue weighted by Gasteiger charge is -2.24. The van der Waals surface area contributed by atoms with Gasteiger partial charge in [0.15, 0.2) is 0 Å². The summed E-state index contributed by atoms with van der Waals surface area (Å²) in [5, 5.41) is 0. The molecule has 2 N–H and O–H groups in total. The molecule has 3 rings (SSSR count). The molecule has 0 bridgehead atoms. The zero-order chi connectivity index (χ0) is 11.3. The average Bonchev–Trinajstić information content (AvgIpc) is 2.77. The highest BCUT2D eigenvalue weighted by Crippen LogP contribution is 2.44. The van der Waals surface area contributed by atoms with E-state index in [9.17, 15) is 0 Å². The van der Waals surface area contributed by atoms with E-state index < -0.39 is 0 Å². The molecule has 16 heavy (non-hydrogen) atoms. The molecule has 0 spiro atoms. The molecule has 86 valence electrons. The van der Waals surface area contributed by atoms with Crippen molar-refractivity contribution < 1.29 is 9.47 Å². The van der Waals surface area contributed by atoms with Crippen LogP contribution in [0.3, 0.4) is 0 Å². The molecular weight excluding hydrogens is 202 g/mol. The quantitative estimate of drug-likeness (QED) is 0.782. The maximum absolute atomic E-state index is 6.27. The van der Waals surface area contributed by atoms with Crippen molar-refractivity contribution in [1.29, 1.82) is 0 Å². The van der Waals surface area contributed by atoms with Gasteiger partial charge in [-0.05, 0) is 19.9 Å². The van der Waals surface area contributed by atoms with Gasteiger partial charge in [-0.25, -0.2) is 0 Å². The fourth-order valence-electron chi connectivity index (χ4n) is 2.67. The van der Waals surface area contributed by atoms with Gasteiger partial charge in [0, 0.05) is 35.1 Å². The van der Waals surface area contributed by atoms with Gasteiger partial charge in [-0.2, -0.15) is 0 Å². The summed E-state index contributed by atoms with van der Waals surface area (Å²) >= 11 is 0. The highest BCUT2D eigenvalue weighted by Gasteiger charge is 2.32. The van der Waals surface area contributed by atoms with E-state index in [1.807, 2.05) is 13.8 Å². The third-order valence-corrected chi connectivity index (χ3v) is 3.30. The monoisotopic (exact) mass is 219 g/mol. The largest absolute Gasteiger partial charge is 0.493 e. The van der Waals surface area contributed by atoms with Crippen LogP contribution in [0, 0.1) is 0 Å². The molecular formula is C13H17NO2. The Morgan fingerprint density at radius 1 is 1.19 bits per heavy atom. The van der Waals surface area contributed by atoms with Crippen LogP contribution in [0.25, 0.3) is 0 Å². The second-order valence-electron chi connectivity index (χ2n) is 5.14. The predicted molar refractivity (Wildman–Crippen MR) is 62.1 cm³/mol. The van der Waals surface area contributed by atoms with E-state index in [-0.39, 0.29) is 5.54 Å². The Hall–Kier alpha value is -1.22. The SMILES string of the molecule is CC(C)(N)c1c2c(cc3c1OCC3)OCC2. The van der Waals surface area contributed by atoms with Gasteiger partial charge in [0.25, 0.3) is 0 Å². The highest BCUT2D eigenvalue weighted by molar-refractivity contribution is 5.58. The maximum Gasteiger partial charge on any atom is 0.128 e. The van der Waals surface area contributed by atoms with Gasteiger partial charge in [0.05, 0.1) is 13.2 Å². The third kappa shape index (κ3) is 1.31. The van der Waals surface area contributed by atoms with Crippen LogP contribution in [0.15, 0.2) is 6.07 Å². The molecule has 0 atom stereocenters. The third-order valence-electron chi connectivity index (χ3n) is 3.30. The second kappa shape index (κ2) is 3.14. The Bertz CT molecular complexity index is 414. The van der Waals surface area contributed by atoms with Crippen molar-refractivity contribution in [3.63, 3.8) is 0 Å². The first-order valence-corrected chi connectivity index (χ1v) is 5.81. The van der Waals surface area contributed by atoms with Crippen LogP contribution in [0.4, 0.5) is 0 Å². The van der Waals surface area contributed by atoms with E-state index >= 15 is 0 Å². The van der Waals surface area contributed by atoms with Gasteiger partial charge in [0.2, 0.25) is 0 Å². The van der Waals surface area contributed by atoms with Crippen LogP contribution in [0.1, 0.15) is 30.5 Å². The minimum absolute atomic E-state index is 0.368. The molecule has 0 unspecified atom stereocenters. The van der Waals surface area contributed by atoms with E-state index in [4.69, 9.17) is 15.2 Å². The standard InChI is InChI=1S/C13H17NO2/c1-13(2,14)11-9-4-6-15-10(9)7-8-3-5-16-12(8)11/h7H,3-6,14H2,1-2H3. The van der Waals surface area contributed by atoms with Crippen molar-refractivity contribution in [2.45, 2.75) is 32.2 Å². The molecule has 2 heterocycles. The maximum atomic E-state index is 6.27. The lowest BCUT2D eigenvalue weighted by molar-refractivity contribution is 0.344.